The van der Waals surface area contributed by atoms with Crippen LogP contribution in [0.5, 0.6) is 0 Å². The van der Waals surface area contributed by atoms with Gasteiger partial charge in [-0.3, -0.25) is 4.79 Å². The molecule has 0 atom stereocenters. The first-order chi connectivity index (χ1) is 10.1. The monoisotopic (exact) mass is 293 g/mol. The highest BCUT2D eigenvalue weighted by atomic mass is 16.5. The third-order valence-electron chi connectivity index (χ3n) is 4.18. The van der Waals surface area contributed by atoms with Gasteiger partial charge < -0.3 is 19.8 Å². The first-order valence-electron chi connectivity index (χ1n) is 7.36. The maximum Gasteiger partial charge on any atom is 0.407 e. The van der Waals surface area contributed by atoms with Crippen molar-refractivity contribution >= 4 is 12.0 Å². The smallest absolute Gasteiger partial charge is 0.407 e. The second kappa shape index (κ2) is 5.75. The van der Waals surface area contributed by atoms with Gasteiger partial charge in [0, 0.05) is 31.6 Å². The standard InChI is InChI=1S/C14H19N3O4/c18-13(11-7-12(21-16-11)10-1-2-10)15-8-9-3-5-17(6-4-9)14(19)20/h7,9-10H,1-6,8H2,(H,15,18)(H,19,20). The summed E-state index contributed by atoms with van der Waals surface area (Å²) in [6, 6.07) is 1.72. The van der Waals surface area contributed by atoms with E-state index in [1.807, 2.05) is 0 Å². The Balaban J connectivity index is 1.44. The molecule has 1 aromatic heterocycles. The van der Waals surface area contributed by atoms with Crippen LogP contribution in [-0.4, -0.2) is 46.8 Å². The number of carboxylic acid groups (broad SMARTS) is 1. The second-order valence-electron chi connectivity index (χ2n) is 5.81. The van der Waals surface area contributed by atoms with Crippen molar-refractivity contribution in [1.82, 2.24) is 15.4 Å². The molecule has 2 heterocycles. The lowest BCUT2D eigenvalue weighted by Gasteiger charge is -2.29. The van der Waals surface area contributed by atoms with Crippen molar-refractivity contribution in [2.45, 2.75) is 31.6 Å². The van der Waals surface area contributed by atoms with Crippen LogP contribution >= 0.6 is 0 Å². The van der Waals surface area contributed by atoms with Gasteiger partial charge in [0.15, 0.2) is 5.69 Å². The fraction of sp³-hybridized carbons (Fsp3) is 0.643. The molecule has 7 nitrogen and oxygen atoms in total. The van der Waals surface area contributed by atoms with Crippen LogP contribution in [-0.2, 0) is 0 Å². The van der Waals surface area contributed by atoms with Crippen molar-refractivity contribution in [3.05, 3.63) is 17.5 Å². The summed E-state index contributed by atoms with van der Waals surface area (Å²) in [5.41, 5.74) is 0.333. The van der Waals surface area contributed by atoms with E-state index in [2.05, 4.69) is 10.5 Å². The zero-order valence-corrected chi connectivity index (χ0v) is 11.7. The van der Waals surface area contributed by atoms with Gasteiger partial charge in [-0.25, -0.2) is 4.79 Å². The molecular weight excluding hydrogens is 274 g/mol. The first kappa shape index (κ1) is 13.9. The van der Waals surface area contributed by atoms with Crippen molar-refractivity contribution in [2.75, 3.05) is 19.6 Å². The molecular formula is C14H19N3O4. The highest BCUT2D eigenvalue weighted by Gasteiger charge is 2.29. The number of amides is 2. The molecule has 3 rings (SSSR count). The van der Waals surface area contributed by atoms with Gasteiger partial charge in [0.25, 0.3) is 5.91 Å². The van der Waals surface area contributed by atoms with Crippen LogP contribution in [0.15, 0.2) is 10.6 Å². The molecule has 0 radical (unpaired) electrons. The quantitative estimate of drug-likeness (QED) is 0.880. The Morgan fingerprint density at radius 1 is 1.33 bits per heavy atom. The number of carbonyl (C=O) groups is 2. The van der Waals surface area contributed by atoms with Crippen molar-refractivity contribution in [2.24, 2.45) is 5.92 Å². The van der Waals surface area contributed by atoms with Gasteiger partial charge >= 0.3 is 6.09 Å². The van der Waals surface area contributed by atoms with Crippen molar-refractivity contribution in [1.29, 1.82) is 0 Å². The molecule has 1 saturated heterocycles. The Bertz CT molecular complexity index is 530. The van der Waals surface area contributed by atoms with Gasteiger partial charge in [0.05, 0.1) is 0 Å². The third kappa shape index (κ3) is 3.34. The number of likely N-dealkylation sites (tertiary alicyclic amines) is 1. The van der Waals surface area contributed by atoms with Gasteiger partial charge in [-0.1, -0.05) is 5.16 Å². The Morgan fingerprint density at radius 3 is 2.67 bits per heavy atom. The number of nitrogens with zero attached hydrogens (tertiary/aromatic N) is 2. The number of nitrogens with one attached hydrogen (secondary N) is 1. The van der Waals surface area contributed by atoms with E-state index >= 15 is 0 Å². The predicted octanol–water partition coefficient (Wildman–Crippen LogP) is 1.67. The lowest BCUT2D eigenvalue weighted by Crippen LogP contribution is -2.40. The summed E-state index contributed by atoms with van der Waals surface area (Å²) < 4.78 is 5.16. The Kier molecular flexibility index (Phi) is 3.81. The van der Waals surface area contributed by atoms with Gasteiger partial charge in [0.2, 0.25) is 0 Å². The largest absolute Gasteiger partial charge is 0.465 e. The molecule has 2 N–H and O–H groups in total. The average Bonchev–Trinajstić information content (AvgIpc) is 3.22. The first-order valence-corrected chi connectivity index (χ1v) is 7.36. The average molecular weight is 293 g/mol. The molecule has 1 aliphatic heterocycles. The topological polar surface area (TPSA) is 95.7 Å². The number of carbonyl (C=O) groups excluding carboxylic acids is 1. The summed E-state index contributed by atoms with van der Waals surface area (Å²) in [6.07, 6.45) is 2.90. The van der Waals surface area contributed by atoms with Crippen molar-refractivity contribution in [3.63, 3.8) is 0 Å². The molecule has 1 saturated carbocycles. The second-order valence-corrected chi connectivity index (χ2v) is 5.81. The fourth-order valence-corrected chi connectivity index (χ4v) is 2.61. The zero-order chi connectivity index (χ0) is 14.8. The van der Waals surface area contributed by atoms with Crippen LogP contribution in [0.4, 0.5) is 4.79 Å². The fourth-order valence-electron chi connectivity index (χ4n) is 2.61. The molecule has 2 amide bonds. The number of rotatable bonds is 4. The van der Waals surface area contributed by atoms with Gasteiger partial charge in [0.1, 0.15) is 5.76 Å². The molecule has 1 aliphatic carbocycles. The predicted molar refractivity (Wildman–Crippen MR) is 73.1 cm³/mol. The maximum absolute atomic E-state index is 12.0. The lowest BCUT2D eigenvalue weighted by molar-refractivity contribution is 0.0920. The van der Waals surface area contributed by atoms with Crippen LogP contribution in [0, 0.1) is 5.92 Å². The van der Waals surface area contributed by atoms with Crippen molar-refractivity contribution in [3.8, 4) is 0 Å². The summed E-state index contributed by atoms with van der Waals surface area (Å²) in [7, 11) is 0. The molecule has 2 fully saturated rings. The third-order valence-corrected chi connectivity index (χ3v) is 4.18. The van der Waals surface area contributed by atoms with Crippen LogP contribution < -0.4 is 5.32 Å². The minimum absolute atomic E-state index is 0.216. The normalized spacial score (nSPS) is 19.5. The Morgan fingerprint density at radius 2 is 2.05 bits per heavy atom. The summed E-state index contributed by atoms with van der Waals surface area (Å²) in [4.78, 5) is 24.2. The molecule has 1 aromatic rings. The molecule has 0 aromatic carbocycles. The SMILES string of the molecule is O=C(NCC1CCN(C(=O)O)CC1)c1cc(C2CC2)on1. The minimum atomic E-state index is -0.868. The van der Waals surface area contributed by atoms with E-state index in [-0.39, 0.29) is 5.91 Å². The molecule has 0 bridgehead atoms. The highest BCUT2D eigenvalue weighted by Crippen LogP contribution is 2.40. The molecule has 0 spiro atoms. The van der Waals surface area contributed by atoms with E-state index in [0.29, 0.717) is 37.2 Å². The van der Waals surface area contributed by atoms with E-state index in [1.54, 1.807) is 6.07 Å². The van der Waals surface area contributed by atoms with Crippen LogP contribution in [0.3, 0.4) is 0 Å². The molecule has 7 heteroatoms. The van der Waals surface area contributed by atoms with E-state index in [4.69, 9.17) is 9.63 Å². The van der Waals surface area contributed by atoms with Crippen LogP contribution in [0.1, 0.15) is 47.8 Å². The van der Waals surface area contributed by atoms with Gasteiger partial charge in [-0.05, 0) is 31.6 Å². The Labute approximate surface area is 122 Å². The van der Waals surface area contributed by atoms with E-state index in [1.165, 1.54) is 4.90 Å². The summed E-state index contributed by atoms with van der Waals surface area (Å²) in [5, 5.41) is 15.5. The Hall–Kier alpha value is -2.05. The zero-order valence-electron chi connectivity index (χ0n) is 11.7. The minimum Gasteiger partial charge on any atom is -0.465 e. The van der Waals surface area contributed by atoms with Crippen LogP contribution in [0.2, 0.25) is 0 Å². The van der Waals surface area contributed by atoms with Gasteiger partial charge in [-0.15, -0.1) is 0 Å². The van der Waals surface area contributed by atoms with E-state index in [0.717, 1.165) is 31.4 Å². The number of hydrogen-bond donors (Lipinski definition) is 2. The maximum atomic E-state index is 12.0. The number of hydrogen-bond acceptors (Lipinski definition) is 4. The van der Waals surface area contributed by atoms with Gasteiger partial charge in [-0.2, -0.15) is 0 Å². The van der Waals surface area contributed by atoms with E-state index in [9.17, 15) is 9.59 Å². The van der Waals surface area contributed by atoms with Crippen molar-refractivity contribution < 1.29 is 19.2 Å². The number of aromatic nitrogens is 1. The molecule has 2 aliphatic rings. The molecule has 0 unspecified atom stereocenters. The summed E-state index contributed by atoms with van der Waals surface area (Å²) >= 11 is 0. The molecule has 21 heavy (non-hydrogen) atoms. The summed E-state index contributed by atoms with van der Waals surface area (Å²) in [5.74, 6) is 1.35. The number of piperidine rings is 1. The highest BCUT2D eigenvalue weighted by molar-refractivity contribution is 5.92. The lowest BCUT2D eigenvalue weighted by atomic mass is 9.97. The van der Waals surface area contributed by atoms with E-state index < -0.39 is 6.09 Å². The molecule has 114 valence electrons. The summed E-state index contributed by atoms with van der Waals surface area (Å²) in [6.45, 7) is 1.62. The van der Waals surface area contributed by atoms with Crippen LogP contribution in [0.25, 0.3) is 0 Å².